The lowest BCUT2D eigenvalue weighted by atomic mass is 9.79. The van der Waals surface area contributed by atoms with Crippen molar-refractivity contribution >= 4 is 28.6 Å². The number of hydrogen-bond donors (Lipinski definition) is 2. The third kappa shape index (κ3) is 6.15. The summed E-state index contributed by atoms with van der Waals surface area (Å²) in [4.78, 5) is 17.7. The van der Waals surface area contributed by atoms with Gasteiger partial charge in [0, 0.05) is 23.7 Å². The van der Waals surface area contributed by atoms with E-state index in [0.717, 1.165) is 23.3 Å². The molecule has 2 heterocycles. The first-order valence-electron chi connectivity index (χ1n) is 11.3. The molecule has 0 saturated carbocycles. The molecule has 2 atom stereocenters. The number of alkyl halides is 4. The second-order valence-corrected chi connectivity index (χ2v) is 9.40. The van der Waals surface area contributed by atoms with Gasteiger partial charge >= 0.3 is 12.2 Å². The molecule has 5 nitrogen and oxygen atoms in total. The first-order valence-corrected chi connectivity index (χ1v) is 12.8. The number of halogens is 5. The van der Waals surface area contributed by atoms with Crippen molar-refractivity contribution in [2.75, 3.05) is 13.2 Å². The van der Waals surface area contributed by atoms with E-state index in [9.17, 15) is 22.4 Å². The average Bonchev–Trinajstić information content (AvgIpc) is 3.36. The Hall–Kier alpha value is -2.73. The van der Waals surface area contributed by atoms with Gasteiger partial charge in [-0.3, -0.25) is 4.98 Å². The molecule has 0 radical (unpaired) electrons. The number of ether oxygens (including phenoxy) is 1. The summed E-state index contributed by atoms with van der Waals surface area (Å²) < 4.78 is 61.8. The number of aromatic nitrogens is 1. The standard InChI is InChI=1S/C26H24F4IN3O2/c27-21-11-19(10-20(12-21)26(28,29)30)25(13-17-4-2-1-3-5-17,23-7-6-18(14-31)15-32-23)34-24(35)33-22-8-9-36-16-22/h1-7,10-12,15,22H,8-9,13-14,16H2,(H2,33,34,35)/t22-,25+/m1/s1. The van der Waals surface area contributed by atoms with Crippen molar-refractivity contribution in [2.24, 2.45) is 0 Å². The summed E-state index contributed by atoms with van der Waals surface area (Å²) in [5.41, 5.74) is -0.903. The molecule has 1 saturated heterocycles. The predicted octanol–water partition coefficient (Wildman–Crippen LogP) is 5.75. The first-order chi connectivity index (χ1) is 17.2. The number of carbonyl (C=O) groups excluding carboxylic acids is 1. The van der Waals surface area contributed by atoms with Gasteiger partial charge in [-0.1, -0.05) is 59.0 Å². The Balaban J connectivity index is 1.89. The van der Waals surface area contributed by atoms with Crippen molar-refractivity contribution in [3.05, 3.63) is 101 Å². The molecule has 0 unspecified atom stereocenters. The van der Waals surface area contributed by atoms with Crippen molar-refractivity contribution in [3.8, 4) is 0 Å². The van der Waals surface area contributed by atoms with Gasteiger partial charge in [-0.05, 0) is 47.4 Å². The van der Waals surface area contributed by atoms with Crippen LogP contribution >= 0.6 is 22.6 Å². The molecule has 190 valence electrons. The monoisotopic (exact) mass is 613 g/mol. The maximum Gasteiger partial charge on any atom is 0.416 e. The van der Waals surface area contributed by atoms with Gasteiger partial charge in [-0.2, -0.15) is 13.2 Å². The van der Waals surface area contributed by atoms with E-state index >= 15 is 0 Å². The molecular formula is C26H24F4IN3O2. The number of rotatable bonds is 7. The molecule has 1 aliphatic heterocycles. The van der Waals surface area contributed by atoms with Gasteiger partial charge in [0.05, 0.1) is 23.9 Å². The molecule has 0 aliphatic carbocycles. The van der Waals surface area contributed by atoms with E-state index in [1.807, 2.05) is 6.07 Å². The molecule has 1 aliphatic rings. The summed E-state index contributed by atoms with van der Waals surface area (Å²) in [5, 5.41) is 5.70. The summed E-state index contributed by atoms with van der Waals surface area (Å²) >= 11 is 2.17. The van der Waals surface area contributed by atoms with Gasteiger partial charge in [0.1, 0.15) is 11.4 Å². The topological polar surface area (TPSA) is 63.2 Å². The molecule has 2 amide bonds. The largest absolute Gasteiger partial charge is 0.416 e. The molecule has 0 bridgehead atoms. The summed E-state index contributed by atoms with van der Waals surface area (Å²) in [5.74, 6) is -1.06. The number of pyridine rings is 1. The number of nitrogens with one attached hydrogen (secondary N) is 2. The fraction of sp³-hybridized carbons (Fsp3) is 0.308. The van der Waals surface area contributed by atoms with Crippen LogP contribution in [0.15, 0.2) is 66.9 Å². The van der Waals surface area contributed by atoms with Gasteiger partial charge in [0.2, 0.25) is 0 Å². The smallest absolute Gasteiger partial charge is 0.379 e. The van der Waals surface area contributed by atoms with Crippen molar-refractivity contribution in [2.45, 2.75) is 35.0 Å². The second-order valence-electron chi connectivity index (χ2n) is 8.64. The minimum absolute atomic E-state index is 0.0414. The van der Waals surface area contributed by atoms with E-state index in [1.165, 1.54) is 0 Å². The Morgan fingerprint density at radius 1 is 1.06 bits per heavy atom. The Labute approximate surface area is 219 Å². The van der Waals surface area contributed by atoms with Crippen LogP contribution in [-0.4, -0.2) is 30.3 Å². The number of carbonyl (C=O) groups is 1. The third-order valence-corrected chi connectivity index (χ3v) is 6.92. The van der Waals surface area contributed by atoms with Crippen LogP contribution in [0.3, 0.4) is 0 Å². The highest BCUT2D eigenvalue weighted by atomic mass is 127. The maximum absolute atomic E-state index is 14.7. The lowest BCUT2D eigenvalue weighted by Crippen LogP contribution is -2.54. The highest BCUT2D eigenvalue weighted by molar-refractivity contribution is 14.1. The highest BCUT2D eigenvalue weighted by Crippen LogP contribution is 2.37. The number of amides is 2. The van der Waals surface area contributed by atoms with E-state index in [0.29, 0.717) is 30.1 Å². The van der Waals surface area contributed by atoms with Crippen LogP contribution in [0.25, 0.3) is 0 Å². The van der Waals surface area contributed by atoms with Gasteiger partial charge in [0.25, 0.3) is 0 Å². The van der Waals surface area contributed by atoms with Crippen molar-refractivity contribution in [1.29, 1.82) is 0 Å². The Bertz CT molecular complexity index is 1190. The highest BCUT2D eigenvalue weighted by Gasteiger charge is 2.41. The van der Waals surface area contributed by atoms with Gasteiger partial charge in [-0.15, -0.1) is 0 Å². The SMILES string of the molecule is O=C(N[C@@H]1CCOC1)N[C@@](Cc1ccccc1)(c1cc(F)cc(C(F)(F)F)c1)c1ccc(CI)cn1. The number of benzene rings is 2. The van der Waals surface area contributed by atoms with E-state index in [2.05, 4.69) is 38.2 Å². The number of nitrogens with zero attached hydrogens (tertiary/aromatic N) is 1. The molecule has 36 heavy (non-hydrogen) atoms. The van der Waals surface area contributed by atoms with Crippen molar-refractivity contribution < 1.29 is 27.1 Å². The Kier molecular flexibility index (Phi) is 8.13. The molecular weight excluding hydrogens is 589 g/mol. The van der Waals surface area contributed by atoms with Crippen LogP contribution in [-0.2, 0) is 27.3 Å². The molecule has 2 N–H and O–H groups in total. The first kappa shape index (κ1) is 26.3. The Morgan fingerprint density at radius 3 is 2.42 bits per heavy atom. The summed E-state index contributed by atoms with van der Waals surface area (Å²) in [7, 11) is 0. The van der Waals surface area contributed by atoms with E-state index in [1.54, 1.807) is 42.6 Å². The lowest BCUT2D eigenvalue weighted by molar-refractivity contribution is -0.137. The van der Waals surface area contributed by atoms with Crippen LogP contribution in [0.5, 0.6) is 0 Å². The van der Waals surface area contributed by atoms with Crippen molar-refractivity contribution in [1.82, 2.24) is 15.6 Å². The summed E-state index contributed by atoms with van der Waals surface area (Å²) in [6, 6.07) is 13.9. The van der Waals surface area contributed by atoms with Gasteiger partial charge < -0.3 is 15.4 Å². The van der Waals surface area contributed by atoms with Gasteiger partial charge in [-0.25, -0.2) is 9.18 Å². The zero-order valence-corrected chi connectivity index (χ0v) is 21.3. The van der Waals surface area contributed by atoms with Gasteiger partial charge in [0.15, 0.2) is 0 Å². The third-order valence-electron chi connectivity index (χ3n) is 6.04. The predicted molar refractivity (Wildman–Crippen MR) is 135 cm³/mol. The van der Waals surface area contributed by atoms with Crippen LogP contribution in [0.2, 0.25) is 0 Å². The van der Waals surface area contributed by atoms with E-state index in [4.69, 9.17) is 4.74 Å². The van der Waals surface area contributed by atoms with Crippen LogP contribution in [0.1, 0.15) is 34.4 Å². The summed E-state index contributed by atoms with van der Waals surface area (Å²) in [6.45, 7) is 0.832. The van der Waals surface area contributed by atoms with Crippen molar-refractivity contribution in [3.63, 3.8) is 0 Å². The van der Waals surface area contributed by atoms with E-state index < -0.39 is 29.1 Å². The molecule has 1 fully saturated rings. The molecule has 0 spiro atoms. The molecule has 3 aromatic rings. The van der Waals surface area contributed by atoms with Crippen LogP contribution < -0.4 is 10.6 Å². The minimum Gasteiger partial charge on any atom is -0.379 e. The fourth-order valence-corrected chi connectivity index (χ4v) is 4.69. The lowest BCUT2D eigenvalue weighted by Gasteiger charge is -2.36. The second kappa shape index (κ2) is 11.1. The summed E-state index contributed by atoms with van der Waals surface area (Å²) in [6.07, 6.45) is -2.52. The maximum atomic E-state index is 14.7. The zero-order valence-electron chi connectivity index (χ0n) is 19.1. The quantitative estimate of drug-likeness (QED) is 0.203. The molecule has 10 heteroatoms. The zero-order chi connectivity index (χ0) is 25.8. The van der Waals surface area contributed by atoms with Crippen LogP contribution in [0, 0.1) is 5.82 Å². The Morgan fingerprint density at radius 2 is 1.81 bits per heavy atom. The fourth-order valence-electron chi connectivity index (χ4n) is 4.24. The van der Waals surface area contributed by atoms with Crippen LogP contribution in [0.4, 0.5) is 22.4 Å². The molecule has 4 rings (SSSR count). The number of urea groups is 1. The molecule has 2 aromatic carbocycles. The molecule has 1 aromatic heterocycles. The average molecular weight is 613 g/mol. The van der Waals surface area contributed by atoms with E-state index in [-0.39, 0.29) is 23.7 Å². The minimum atomic E-state index is -4.78. The number of hydrogen-bond acceptors (Lipinski definition) is 3. The normalized spacial score (nSPS) is 17.4.